The van der Waals surface area contributed by atoms with E-state index in [1.165, 1.54) is 49.3 Å². The maximum Gasteiger partial charge on any atom is 0.0320 e. The number of fused-ring (bicyclic) bond motifs is 1. The van der Waals surface area contributed by atoms with Crippen LogP contribution in [0, 0.1) is 17.8 Å². The van der Waals surface area contributed by atoms with Crippen molar-refractivity contribution in [3.63, 3.8) is 0 Å². The third kappa shape index (κ3) is 1.76. The molecule has 0 atom stereocenters. The normalized spacial score (nSPS) is 37.2. The Kier molecular flexibility index (Phi) is 2.32. The molecule has 6 rings (SSSR count). The molecule has 0 aromatic heterocycles. The number of benzene rings is 2. The van der Waals surface area contributed by atoms with E-state index in [9.17, 15) is 0 Å². The van der Waals surface area contributed by atoms with Crippen molar-refractivity contribution in [1.82, 2.24) is 0 Å². The Balaban J connectivity index is 1.62. The summed E-state index contributed by atoms with van der Waals surface area (Å²) in [6, 6.07) is 13.5. The van der Waals surface area contributed by atoms with Gasteiger partial charge in [0.25, 0.3) is 0 Å². The first-order valence-electron chi connectivity index (χ1n) is 8.50. The van der Waals surface area contributed by atoms with Crippen LogP contribution >= 0.6 is 0 Å². The molecule has 0 saturated heterocycles. The van der Waals surface area contributed by atoms with Gasteiger partial charge in [0.2, 0.25) is 0 Å². The molecule has 4 bridgehead atoms. The van der Waals surface area contributed by atoms with Crippen LogP contribution in [0.5, 0.6) is 0 Å². The van der Waals surface area contributed by atoms with Gasteiger partial charge in [-0.05, 0) is 90.2 Å². The second kappa shape index (κ2) is 4.03. The van der Waals surface area contributed by atoms with Gasteiger partial charge in [0.15, 0.2) is 0 Å². The van der Waals surface area contributed by atoms with Crippen molar-refractivity contribution in [3.8, 4) is 0 Å². The van der Waals surface area contributed by atoms with Gasteiger partial charge in [-0.2, -0.15) is 0 Å². The van der Waals surface area contributed by atoms with Gasteiger partial charge in [0.05, 0.1) is 0 Å². The molecule has 0 spiro atoms. The first-order valence-corrected chi connectivity index (χ1v) is 8.50. The highest BCUT2D eigenvalue weighted by Crippen LogP contribution is 2.60. The maximum atomic E-state index is 5.91. The summed E-state index contributed by atoms with van der Waals surface area (Å²) in [6.45, 7) is 0. The average Bonchev–Trinajstić information content (AvgIpc) is 2.45. The Labute approximate surface area is 126 Å². The molecule has 0 unspecified atom stereocenters. The van der Waals surface area contributed by atoms with Crippen LogP contribution in [-0.2, 0) is 5.41 Å². The van der Waals surface area contributed by atoms with Crippen LogP contribution < -0.4 is 5.73 Å². The molecule has 0 aliphatic heterocycles. The Bertz CT molecular complexity index is 680. The van der Waals surface area contributed by atoms with Crippen molar-refractivity contribution in [3.05, 3.63) is 42.0 Å². The molecule has 2 aromatic rings. The lowest BCUT2D eigenvalue weighted by Gasteiger charge is -2.57. The number of rotatable bonds is 1. The fourth-order valence-electron chi connectivity index (χ4n) is 6.06. The minimum absolute atomic E-state index is 0.504. The molecule has 4 aliphatic carbocycles. The van der Waals surface area contributed by atoms with Gasteiger partial charge in [0.1, 0.15) is 0 Å². The Morgan fingerprint density at radius 3 is 2.00 bits per heavy atom. The van der Waals surface area contributed by atoms with Crippen molar-refractivity contribution in [2.45, 2.75) is 43.9 Å². The van der Waals surface area contributed by atoms with E-state index in [4.69, 9.17) is 5.73 Å². The van der Waals surface area contributed by atoms with Crippen LogP contribution in [0.2, 0.25) is 0 Å². The highest BCUT2D eigenvalue weighted by atomic mass is 14.6. The van der Waals surface area contributed by atoms with E-state index in [0.29, 0.717) is 5.41 Å². The third-order valence-electron chi connectivity index (χ3n) is 6.51. The lowest BCUT2D eigenvalue weighted by atomic mass is 9.48. The molecule has 2 N–H and O–H groups in total. The molecule has 0 amide bonds. The summed E-state index contributed by atoms with van der Waals surface area (Å²) in [5, 5.41) is 2.64. The molecule has 0 radical (unpaired) electrons. The van der Waals surface area contributed by atoms with E-state index in [2.05, 4.69) is 30.3 Å². The lowest BCUT2D eigenvalue weighted by Crippen LogP contribution is -2.48. The number of anilines is 1. The molecule has 4 aliphatic rings. The Morgan fingerprint density at radius 1 is 0.762 bits per heavy atom. The molecule has 0 heterocycles. The zero-order valence-electron chi connectivity index (χ0n) is 12.5. The number of hydrogen-bond acceptors (Lipinski definition) is 1. The van der Waals surface area contributed by atoms with E-state index >= 15 is 0 Å². The summed E-state index contributed by atoms with van der Waals surface area (Å²) in [5.41, 5.74) is 8.89. The van der Waals surface area contributed by atoms with Gasteiger partial charge < -0.3 is 5.73 Å². The minimum atomic E-state index is 0.504. The molecule has 21 heavy (non-hydrogen) atoms. The summed E-state index contributed by atoms with van der Waals surface area (Å²) < 4.78 is 0. The number of nitrogen functional groups attached to an aromatic ring is 1. The van der Waals surface area contributed by atoms with Crippen molar-refractivity contribution in [2.75, 3.05) is 5.73 Å². The SMILES string of the molecule is Nc1ccc2cc(C34CC5CC(CC(C5)C3)C4)ccc2c1. The third-order valence-corrected chi connectivity index (χ3v) is 6.51. The van der Waals surface area contributed by atoms with E-state index in [-0.39, 0.29) is 0 Å². The smallest absolute Gasteiger partial charge is 0.0320 e. The first-order chi connectivity index (χ1) is 10.2. The van der Waals surface area contributed by atoms with E-state index in [0.717, 1.165) is 23.4 Å². The van der Waals surface area contributed by atoms with Crippen molar-refractivity contribution in [2.24, 2.45) is 17.8 Å². The molecular formula is C20H23N. The quantitative estimate of drug-likeness (QED) is 0.738. The van der Waals surface area contributed by atoms with Gasteiger partial charge in [-0.3, -0.25) is 0 Å². The van der Waals surface area contributed by atoms with Crippen LogP contribution in [0.15, 0.2) is 36.4 Å². The van der Waals surface area contributed by atoms with Crippen molar-refractivity contribution >= 4 is 16.5 Å². The van der Waals surface area contributed by atoms with E-state index in [1.54, 1.807) is 5.56 Å². The number of nitrogens with two attached hydrogens (primary N) is 1. The van der Waals surface area contributed by atoms with Crippen molar-refractivity contribution in [1.29, 1.82) is 0 Å². The molecule has 4 saturated carbocycles. The molecule has 4 fully saturated rings. The predicted molar refractivity (Wildman–Crippen MR) is 88.2 cm³/mol. The predicted octanol–water partition coefficient (Wildman–Crippen LogP) is 4.89. The van der Waals surface area contributed by atoms with Gasteiger partial charge in [0, 0.05) is 5.69 Å². The van der Waals surface area contributed by atoms with Gasteiger partial charge in [-0.15, -0.1) is 0 Å². The van der Waals surface area contributed by atoms with Crippen molar-refractivity contribution < 1.29 is 0 Å². The second-order valence-corrected chi connectivity index (χ2v) is 8.02. The summed E-state index contributed by atoms with van der Waals surface area (Å²) >= 11 is 0. The van der Waals surface area contributed by atoms with Gasteiger partial charge in [-0.1, -0.05) is 24.3 Å². The Morgan fingerprint density at radius 2 is 1.33 bits per heavy atom. The molecule has 2 aromatic carbocycles. The zero-order chi connectivity index (χ0) is 14.0. The van der Waals surface area contributed by atoms with Crippen LogP contribution in [0.25, 0.3) is 10.8 Å². The largest absolute Gasteiger partial charge is 0.399 e. The molecule has 1 heteroatoms. The summed E-state index contributed by atoms with van der Waals surface area (Å²) in [6.07, 6.45) is 8.88. The highest BCUT2D eigenvalue weighted by Gasteiger charge is 2.51. The zero-order valence-corrected chi connectivity index (χ0v) is 12.5. The standard InChI is InChI=1S/C20H23N/c21-19-4-2-16-8-18(3-1-17(16)9-19)20-10-13-5-14(11-20)7-15(6-13)12-20/h1-4,8-9,13-15H,5-7,10-12,21H2. The highest BCUT2D eigenvalue weighted by molar-refractivity contribution is 5.86. The lowest BCUT2D eigenvalue weighted by molar-refractivity contribution is -0.00512. The monoisotopic (exact) mass is 277 g/mol. The molecule has 108 valence electrons. The van der Waals surface area contributed by atoms with Gasteiger partial charge >= 0.3 is 0 Å². The van der Waals surface area contributed by atoms with Crippen LogP contribution in [0.1, 0.15) is 44.1 Å². The summed E-state index contributed by atoms with van der Waals surface area (Å²) in [7, 11) is 0. The van der Waals surface area contributed by atoms with E-state index in [1.807, 2.05) is 6.07 Å². The maximum absolute atomic E-state index is 5.91. The van der Waals surface area contributed by atoms with Crippen LogP contribution in [0.3, 0.4) is 0 Å². The summed E-state index contributed by atoms with van der Waals surface area (Å²) in [4.78, 5) is 0. The van der Waals surface area contributed by atoms with E-state index < -0.39 is 0 Å². The Hall–Kier alpha value is -1.50. The van der Waals surface area contributed by atoms with Crippen LogP contribution in [-0.4, -0.2) is 0 Å². The topological polar surface area (TPSA) is 26.0 Å². The number of hydrogen-bond donors (Lipinski definition) is 1. The minimum Gasteiger partial charge on any atom is -0.399 e. The average molecular weight is 277 g/mol. The molecular weight excluding hydrogens is 254 g/mol. The fraction of sp³-hybridized carbons (Fsp3) is 0.500. The second-order valence-electron chi connectivity index (χ2n) is 8.02. The van der Waals surface area contributed by atoms with Gasteiger partial charge in [-0.25, -0.2) is 0 Å². The van der Waals surface area contributed by atoms with Crippen LogP contribution in [0.4, 0.5) is 5.69 Å². The first kappa shape index (κ1) is 12.1. The fourth-order valence-corrected chi connectivity index (χ4v) is 6.06. The molecule has 1 nitrogen and oxygen atoms in total. The summed E-state index contributed by atoms with van der Waals surface area (Å²) in [5.74, 6) is 3.04.